The highest BCUT2D eigenvalue weighted by Crippen LogP contribution is 2.59. The third-order valence-electron chi connectivity index (χ3n) is 9.50. The highest BCUT2D eigenvalue weighted by atomic mass is 14.5. The zero-order valence-corrected chi connectivity index (χ0v) is 22.6. The van der Waals surface area contributed by atoms with E-state index in [1.54, 1.807) is 70.6 Å². The summed E-state index contributed by atoms with van der Waals surface area (Å²) in [6, 6.07) is 0. The Morgan fingerprint density at radius 1 is 0.323 bits per heavy atom. The van der Waals surface area contributed by atoms with Gasteiger partial charge in [-0.15, -0.1) is 0 Å². The van der Waals surface area contributed by atoms with Crippen molar-refractivity contribution in [3.63, 3.8) is 0 Å². The average molecular weight is 433 g/mol. The van der Waals surface area contributed by atoms with Crippen LogP contribution in [0.5, 0.6) is 0 Å². The van der Waals surface area contributed by atoms with Crippen molar-refractivity contribution in [3.8, 4) is 0 Å². The van der Waals surface area contributed by atoms with Crippen LogP contribution < -0.4 is 0 Å². The summed E-state index contributed by atoms with van der Waals surface area (Å²) in [6.07, 6.45) is 26.6. The molecule has 0 saturated heterocycles. The van der Waals surface area contributed by atoms with Crippen LogP contribution in [-0.2, 0) is 0 Å². The molecule has 31 heavy (non-hydrogen) atoms. The molecule has 2 unspecified atom stereocenters. The molecule has 8 rings (SSSR count). The van der Waals surface area contributed by atoms with Crippen molar-refractivity contribution in [2.24, 2.45) is 47.3 Å². The largest absolute Gasteiger partial charge is 0.0683 e. The van der Waals surface area contributed by atoms with E-state index in [0.29, 0.717) is 0 Å². The van der Waals surface area contributed by atoms with Gasteiger partial charge in [-0.3, -0.25) is 0 Å². The van der Waals surface area contributed by atoms with Crippen LogP contribution in [0.3, 0.4) is 0 Å². The Bertz CT molecular complexity index is 349. The summed E-state index contributed by atoms with van der Waals surface area (Å²) in [5.41, 5.74) is 0. The van der Waals surface area contributed by atoms with E-state index < -0.39 is 0 Å². The Morgan fingerprint density at radius 3 is 0.806 bits per heavy atom. The van der Waals surface area contributed by atoms with E-state index >= 15 is 0 Å². The maximum Gasteiger partial charge on any atom is -0.0355 e. The van der Waals surface area contributed by atoms with Crippen LogP contribution in [0.4, 0.5) is 0 Å². The minimum absolute atomic E-state index is 1.18. The molecule has 8 saturated carbocycles. The van der Waals surface area contributed by atoms with Crippen LogP contribution in [0.1, 0.15) is 151 Å². The summed E-state index contributed by atoms with van der Waals surface area (Å²) in [4.78, 5) is 0. The number of fused-ring (bicyclic) bond motifs is 1. The van der Waals surface area contributed by atoms with Gasteiger partial charge in [0.1, 0.15) is 0 Å². The fourth-order valence-corrected chi connectivity index (χ4v) is 8.79. The molecule has 8 aliphatic rings. The van der Waals surface area contributed by atoms with Crippen molar-refractivity contribution in [3.05, 3.63) is 0 Å². The third kappa shape index (κ3) is 7.78. The van der Waals surface area contributed by atoms with Crippen molar-refractivity contribution in [1.82, 2.24) is 0 Å². The van der Waals surface area contributed by atoms with Crippen molar-refractivity contribution in [1.29, 1.82) is 0 Å². The lowest BCUT2D eigenvalue weighted by atomic mass is 9.56. The smallest absolute Gasteiger partial charge is 0.0355 e. The van der Waals surface area contributed by atoms with Gasteiger partial charge < -0.3 is 0 Å². The fourth-order valence-electron chi connectivity index (χ4n) is 8.79. The second kappa shape index (κ2) is 15.0. The number of hydrogen-bond acceptors (Lipinski definition) is 0. The minimum Gasteiger partial charge on any atom is -0.0683 e. The molecule has 6 bridgehead atoms. The molecule has 0 N–H and O–H groups in total. The van der Waals surface area contributed by atoms with Gasteiger partial charge in [-0.1, -0.05) is 80.1 Å². The lowest BCUT2D eigenvalue weighted by molar-refractivity contribution is 0.0198. The second-order valence-electron chi connectivity index (χ2n) is 11.3. The zero-order chi connectivity index (χ0) is 22.6. The SMILES string of the molecule is C1C2CC3CC1CC(C2)C3.C1CC2CC3CC1C2C3.C1CCCCC1.CC.CC.CC. The molecule has 0 radical (unpaired) electrons. The van der Waals surface area contributed by atoms with Gasteiger partial charge in [-0.25, -0.2) is 0 Å². The molecule has 0 amide bonds. The normalized spacial score (nSPS) is 41.6. The fraction of sp³-hybridized carbons (Fsp3) is 1.00. The van der Waals surface area contributed by atoms with E-state index in [9.17, 15) is 0 Å². The predicted molar refractivity (Wildman–Crippen MR) is 140 cm³/mol. The predicted octanol–water partition coefficient (Wildman–Crippen LogP) is 10.7. The summed E-state index contributed by atoms with van der Waals surface area (Å²) >= 11 is 0. The van der Waals surface area contributed by atoms with Crippen molar-refractivity contribution >= 4 is 0 Å². The van der Waals surface area contributed by atoms with E-state index in [1.165, 1.54) is 85.9 Å². The summed E-state index contributed by atoms with van der Waals surface area (Å²) in [5, 5.41) is 0. The van der Waals surface area contributed by atoms with Gasteiger partial charge in [0.15, 0.2) is 0 Å². The molecule has 0 spiro atoms. The molecule has 0 aromatic carbocycles. The lowest BCUT2D eigenvalue weighted by Crippen LogP contribution is -2.38. The Hall–Kier alpha value is 0. The van der Waals surface area contributed by atoms with Gasteiger partial charge in [-0.05, 0) is 118 Å². The van der Waals surface area contributed by atoms with Gasteiger partial charge in [0.2, 0.25) is 0 Å². The van der Waals surface area contributed by atoms with Gasteiger partial charge >= 0.3 is 0 Å². The minimum atomic E-state index is 1.18. The van der Waals surface area contributed by atoms with Crippen LogP contribution in [0.15, 0.2) is 0 Å². The maximum absolute atomic E-state index is 2.00. The first-order valence-electron chi connectivity index (χ1n) is 15.3. The molecule has 0 aromatic rings. The molecule has 0 heterocycles. The first-order valence-corrected chi connectivity index (χ1v) is 15.3. The Labute approximate surface area is 198 Å². The van der Waals surface area contributed by atoms with Crippen LogP contribution >= 0.6 is 0 Å². The Morgan fingerprint density at radius 2 is 0.581 bits per heavy atom. The van der Waals surface area contributed by atoms with Gasteiger partial charge in [0, 0.05) is 0 Å². The summed E-state index contributed by atoms with van der Waals surface area (Å²) in [6.45, 7) is 12.0. The number of hydrogen-bond donors (Lipinski definition) is 0. The number of rotatable bonds is 0. The molecule has 8 fully saturated rings. The molecule has 0 aliphatic heterocycles. The van der Waals surface area contributed by atoms with Crippen molar-refractivity contribution in [2.45, 2.75) is 151 Å². The standard InChI is InChI=1S/C10H16.C9H14.C6H12.3C2H6/c1-7-2-9-4-8(1)5-10(3-7)6-9;1-2-8-4-6-3-7(1)9(8)5-6;1-2-4-6-5-3-1;3*1-2/h7-10H,1-6H2;6-9H,1-5H2;1-6H2;3*1-2H3. The van der Waals surface area contributed by atoms with Gasteiger partial charge in [0.25, 0.3) is 0 Å². The van der Waals surface area contributed by atoms with E-state index in [4.69, 9.17) is 0 Å². The molecular weight excluding hydrogens is 372 g/mol. The molecule has 0 heteroatoms. The Kier molecular flexibility index (Phi) is 13.2. The average Bonchev–Trinajstić information content (AvgIpc) is 3.48. The summed E-state index contributed by atoms with van der Waals surface area (Å²) in [7, 11) is 0. The van der Waals surface area contributed by atoms with Gasteiger partial charge in [-0.2, -0.15) is 0 Å². The Balaban J connectivity index is 0.000000151. The first-order chi connectivity index (χ1) is 15.3. The molecule has 0 nitrogen and oxygen atoms in total. The molecule has 0 aromatic heterocycles. The first kappa shape index (κ1) is 27.2. The van der Waals surface area contributed by atoms with E-state index in [2.05, 4.69) is 0 Å². The summed E-state index contributed by atoms with van der Waals surface area (Å²) < 4.78 is 0. The van der Waals surface area contributed by atoms with E-state index in [-0.39, 0.29) is 0 Å². The molecule has 184 valence electrons. The van der Waals surface area contributed by atoms with Crippen LogP contribution in [0.25, 0.3) is 0 Å². The molecule has 8 aliphatic carbocycles. The summed E-state index contributed by atoms with van der Waals surface area (Å²) in [5.74, 6) is 9.52. The monoisotopic (exact) mass is 432 g/mol. The maximum atomic E-state index is 2.00. The third-order valence-corrected chi connectivity index (χ3v) is 9.50. The van der Waals surface area contributed by atoms with Crippen molar-refractivity contribution in [2.75, 3.05) is 0 Å². The van der Waals surface area contributed by atoms with Crippen molar-refractivity contribution < 1.29 is 0 Å². The zero-order valence-electron chi connectivity index (χ0n) is 22.6. The van der Waals surface area contributed by atoms with Crippen LogP contribution in [0, 0.1) is 47.3 Å². The van der Waals surface area contributed by atoms with Crippen LogP contribution in [0.2, 0.25) is 0 Å². The lowest BCUT2D eigenvalue weighted by Gasteiger charge is -2.49. The van der Waals surface area contributed by atoms with Crippen LogP contribution in [-0.4, -0.2) is 0 Å². The second-order valence-corrected chi connectivity index (χ2v) is 11.3. The van der Waals surface area contributed by atoms with E-state index in [1.807, 2.05) is 41.5 Å². The van der Waals surface area contributed by atoms with Gasteiger partial charge in [0.05, 0.1) is 0 Å². The van der Waals surface area contributed by atoms with E-state index in [0.717, 1.165) is 0 Å². The highest BCUT2D eigenvalue weighted by Gasteiger charge is 2.49. The molecular formula is C31H60. The molecule has 2 atom stereocenters. The quantitative estimate of drug-likeness (QED) is 0.357. The topological polar surface area (TPSA) is 0 Å². The highest BCUT2D eigenvalue weighted by molar-refractivity contribution is 4.99.